The number of hydrogen-bond donors (Lipinski definition) is 2. The fourth-order valence-corrected chi connectivity index (χ4v) is 3.97. The summed E-state index contributed by atoms with van der Waals surface area (Å²) in [5.74, 6) is -0.690. The minimum atomic E-state index is -4.53. The quantitative estimate of drug-likeness (QED) is 0.808. The number of carbonyl (C=O) groups is 1. The molecular formula is C19H19F3N2O3S. The maximum atomic E-state index is 12.8. The van der Waals surface area contributed by atoms with E-state index in [0.29, 0.717) is 0 Å². The molecule has 2 atom stereocenters. The zero-order valence-electron chi connectivity index (χ0n) is 15.1. The van der Waals surface area contributed by atoms with Gasteiger partial charge < -0.3 is 5.32 Å². The maximum absolute atomic E-state index is 12.8. The Bertz CT molecular complexity index is 1020. The molecule has 1 saturated carbocycles. The molecule has 0 radical (unpaired) electrons. The van der Waals surface area contributed by atoms with Crippen LogP contribution in [-0.2, 0) is 16.2 Å². The number of benzene rings is 2. The van der Waals surface area contributed by atoms with Crippen LogP contribution in [0.15, 0.2) is 53.4 Å². The molecule has 0 unspecified atom stereocenters. The highest BCUT2D eigenvalue weighted by Crippen LogP contribution is 2.58. The molecule has 1 amide bonds. The number of alkyl halides is 3. The molecule has 28 heavy (non-hydrogen) atoms. The number of amides is 1. The number of rotatable bonds is 4. The number of carbonyl (C=O) groups excluding carboxylic acids is 1. The Balaban J connectivity index is 1.77. The molecule has 3 N–H and O–H groups in total. The van der Waals surface area contributed by atoms with Gasteiger partial charge in [0.25, 0.3) is 5.91 Å². The normalized spacial score (nSPS) is 21.2. The topological polar surface area (TPSA) is 89.3 Å². The van der Waals surface area contributed by atoms with E-state index in [0.717, 1.165) is 17.7 Å². The van der Waals surface area contributed by atoms with Crippen molar-refractivity contribution in [2.45, 2.75) is 36.9 Å². The molecule has 9 heteroatoms. The number of primary sulfonamides is 1. The number of sulfonamides is 1. The van der Waals surface area contributed by atoms with Gasteiger partial charge in [0.05, 0.1) is 10.5 Å². The van der Waals surface area contributed by atoms with E-state index in [-0.39, 0.29) is 27.8 Å². The summed E-state index contributed by atoms with van der Waals surface area (Å²) in [6.45, 7) is 3.84. The Morgan fingerprint density at radius 2 is 1.71 bits per heavy atom. The lowest BCUT2D eigenvalue weighted by molar-refractivity contribution is -0.137. The predicted molar refractivity (Wildman–Crippen MR) is 97.0 cm³/mol. The molecule has 0 heterocycles. The molecule has 1 aliphatic carbocycles. The summed E-state index contributed by atoms with van der Waals surface area (Å²) in [6.07, 6.45) is -4.53. The van der Waals surface area contributed by atoms with Gasteiger partial charge in [-0.05, 0) is 41.3 Å². The molecule has 1 fully saturated rings. The van der Waals surface area contributed by atoms with Gasteiger partial charge in [-0.25, -0.2) is 13.6 Å². The highest BCUT2D eigenvalue weighted by Gasteiger charge is 2.59. The van der Waals surface area contributed by atoms with Crippen molar-refractivity contribution in [3.8, 4) is 0 Å². The van der Waals surface area contributed by atoms with Gasteiger partial charge in [0.2, 0.25) is 10.0 Å². The van der Waals surface area contributed by atoms with E-state index in [9.17, 15) is 26.4 Å². The van der Waals surface area contributed by atoms with Crippen LogP contribution in [0.25, 0.3) is 0 Å². The fourth-order valence-electron chi connectivity index (χ4n) is 3.46. The summed E-state index contributed by atoms with van der Waals surface area (Å²) in [5, 5.41) is 7.87. The molecule has 5 nitrogen and oxygen atoms in total. The predicted octanol–water partition coefficient (Wildman–Crippen LogP) is 3.27. The third-order valence-electron chi connectivity index (χ3n) is 5.13. The van der Waals surface area contributed by atoms with E-state index in [1.165, 1.54) is 24.3 Å². The van der Waals surface area contributed by atoms with E-state index in [2.05, 4.69) is 5.32 Å². The van der Waals surface area contributed by atoms with E-state index in [1.807, 2.05) is 13.8 Å². The first-order chi connectivity index (χ1) is 12.8. The van der Waals surface area contributed by atoms with Crippen LogP contribution >= 0.6 is 0 Å². The highest BCUT2D eigenvalue weighted by atomic mass is 32.2. The number of halogens is 3. The van der Waals surface area contributed by atoms with Gasteiger partial charge in [0.1, 0.15) is 0 Å². The Morgan fingerprint density at radius 1 is 1.11 bits per heavy atom. The van der Waals surface area contributed by atoms with Gasteiger partial charge >= 0.3 is 6.18 Å². The molecule has 0 saturated heterocycles. The molecule has 0 aliphatic heterocycles. The third kappa shape index (κ3) is 3.90. The monoisotopic (exact) mass is 412 g/mol. The molecule has 2 aromatic carbocycles. The lowest BCUT2D eigenvalue weighted by atomic mass is 10.0. The summed E-state index contributed by atoms with van der Waals surface area (Å²) in [7, 11) is -3.80. The van der Waals surface area contributed by atoms with Crippen molar-refractivity contribution in [2.75, 3.05) is 0 Å². The SMILES string of the molecule is CC1(C)[C@H](NC(=O)c2cccc(C(F)(F)F)c2)[C@H]1c1ccc(S(N)(=O)=O)cc1. The van der Waals surface area contributed by atoms with Crippen molar-refractivity contribution in [1.29, 1.82) is 0 Å². The van der Waals surface area contributed by atoms with Crippen molar-refractivity contribution >= 4 is 15.9 Å². The molecule has 1 aliphatic rings. The summed E-state index contributed by atoms with van der Waals surface area (Å²) >= 11 is 0. The largest absolute Gasteiger partial charge is 0.416 e. The summed E-state index contributed by atoms with van der Waals surface area (Å²) < 4.78 is 61.3. The van der Waals surface area contributed by atoms with Crippen LogP contribution in [0.1, 0.15) is 41.3 Å². The Morgan fingerprint density at radius 3 is 2.25 bits per heavy atom. The van der Waals surface area contributed by atoms with Crippen molar-refractivity contribution in [1.82, 2.24) is 5.32 Å². The van der Waals surface area contributed by atoms with Gasteiger partial charge in [-0.2, -0.15) is 13.2 Å². The number of nitrogens with two attached hydrogens (primary N) is 1. The molecule has 2 aromatic rings. The molecule has 150 valence electrons. The lowest BCUT2D eigenvalue weighted by Crippen LogP contribution is -2.29. The van der Waals surface area contributed by atoms with Gasteiger partial charge in [-0.3, -0.25) is 4.79 Å². The first-order valence-corrected chi connectivity index (χ1v) is 9.97. The average molecular weight is 412 g/mol. The fraction of sp³-hybridized carbons (Fsp3) is 0.316. The second-order valence-electron chi connectivity index (χ2n) is 7.44. The van der Waals surface area contributed by atoms with E-state index < -0.39 is 27.7 Å². The zero-order valence-corrected chi connectivity index (χ0v) is 15.9. The van der Waals surface area contributed by atoms with Crippen LogP contribution in [0.2, 0.25) is 0 Å². The molecule has 0 bridgehead atoms. The van der Waals surface area contributed by atoms with Crippen LogP contribution < -0.4 is 10.5 Å². The van der Waals surface area contributed by atoms with Gasteiger partial charge in [-0.15, -0.1) is 0 Å². The van der Waals surface area contributed by atoms with Gasteiger partial charge in [0.15, 0.2) is 0 Å². The Hall–Kier alpha value is -2.39. The maximum Gasteiger partial charge on any atom is 0.416 e. The van der Waals surface area contributed by atoms with E-state index in [4.69, 9.17) is 5.14 Å². The molecular weight excluding hydrogens is 393 g/mol. The van der Waals surface area contributed by atoms with E-state index in [1.54, 1.807) is 12.1 Å². The Kier molecular flexibility index (Phi) is 4.79. The third-order valence-corrected chi connectivity index (χ3v) is 6.06. The van der Waals surface area contributed by atoms with Crippen LogP contribution in [0, 0.1) is 5.41 Å². The van der Waals surface area contributed by atoms with E-state index >= 15 is 0 Å². The highest BCUT2D eigenvalue weighted by molar-refractivity contribution is 7.89. The summed E-state index contributed by atoms with van der Waals surface area (Å²) in [5.41, 5.74) is -0.474. The van der Waals surface area contributed by atoms with Gasteiger partial charge in [-0.1, -0.05) is 32.0 Å². The first kappa shape index (κ1) is 20.3. The standard InChI is InChI=1S/C19H19F3N2O3S/c1-18(2)15(11-6-8-14(9-7-11)28(23,26)27)16(18)24-17(25)12-4-3-5-13(10-12)19(20,21)22/h3-10,15-16H,1-2H3,(H,24,25)(H2,23,26,27)/t15-,16-/m1/s1. The zero-order chi connectivity index (χ0) is 20.9. The van der Waals surface area contributed by atoms with Crippen LogP contribution in [-0.4, -0.2) is 20.4 Å². The first-order valence-electron chi connectivity index (χ1n) is 8.42. The average Bonchev–Trinajstić information content (AvgIpc) is 3.13. The Labute approximate surface area is 160 Å². The second-order valence-corrected chi connectivity index (χ2v) is 9.00. The molecule has 0 spiro atoms. The molecule has 0 aromatic heterocycles. The van der Waals surface area contributed by atoms with Crippen LogP contribution in [0.5, 0.6) is 0 Å². The second kappa shape index (κ2) is 6.59. The number of hydrogen-bond acceptors (Lipinski definition) is 3. The van der Waals surface area contributed by atoms with Crippen molar-refractivity contribution in [3.05, 3.63) is 65.2 Å². The summed E-state index contributed by atoms with van der Waals surface area (Å²) in [4.78, 5) is 12.4. The minimum Gasteiger partial charge on any atom is -0.348 e. The van der Waals surface area contributed by atoms with Gasteiger partial charge in [0, 0.05) is 17.5 Å². The summed E-state index contributed by atoms with van der Waals surface area (Å²) in [6, 6.07) is 10.00. The smallest absolute Gasteiger partial charge is 0.348 e. The minimum absolute atomic E-state index is 0.0146. The van der Waals surface area contributed by atoms with Crippen LogP contribution in [0.3, 0.4) is 0 Å². The number of nitrogens with one attached hydrogen (secondary N) is 1. The van der Waals surface area contributed by atoms with Crippen molar-refractivity contribution in [3.63, 3.8) is 0 Å². The lowest BCUT2D eigenvalue weighted by Gasteiger charge is -2.10. The van der Waals surface area contributed by atoms with Crippen LogP contribution in [0.4, 0.5) is 13.2 Å². The van der Waals surface area contributed by atoms with Crippen molar-refractivity contribution in [2.24, 2.45) is 10.6 Å². The molecule has 3 rings (SSSR count). The van der Waals surface area contributed by atoms with Crippen molar-refractivity contribution < 1.29 is 26.4 Å².